The number of esters is 1. The topological polar surface area (TPSA) is 111 Å². The Balaban J connectivity index is 1.85. The Hall–Kier alpha value is -3.85. The molecule has 31 heavy (non-hydrogen) atoms. The minimum atomic E-state index is -4.18. The smallest absolute Gasteiger partial charge is 0.341 e. The fourth-order valence-electron chi connectivity index (χ4n) is 2.70. The maximum atomic E-state index is 12.6. The van der Waals surface area contributed by atoms with Crippen LogP contribution in [-0.4, -0.2) is 27.5 Å². The third kappa shape index (κ3) is 5.61. The maximum Gasteiger partial charge on any atom is 0.341 e. The van der Waals surface area contributed by atoms with Gasteiger partial charge >= 0.3 is 22.1 Å². The van der Waals surface area contributed by atoms with Gasteiger partial charge in [0.05, 0.1) is 7.11 Å². The van der Waals surface area contributed by atoms with Gasteiger partial charge in [-0.3, -0.25) is 0 Å². The largest absolute Gasteiger partial charge is 0.465 e. The minimum Gasteiger partial charge on any atom is -0.465 e. The summed E-state index contributed by atoms with van der Waals surface area (Å²) >= 11 is 0. The number of amides is 2. The van der Waals surface area contributed by atoms with Gasteiger partial charge in [0.25, 0.3) is 0 Å². The van der Waals surface area contributed by atoms with Crippen LogP contribution in [0.3, 0.4) is 0 Å². The zero-order chi connectivity index (χ0) is 22.4. The molecule has 9 heteroatoms. The van der Waals surface area contributed by atoms with Crippen LogP contribution in [0.5, 0.6) is 5.75 Å². The monoisotopic (exact) mass is 440 g/mol. The number of carbonyl (C=O) groups excluding carboxylic acids is 2. The van der Waals surface area contributed by atoms with Crippen molar-refractivity contribution in [3.63, 3.8) is 0 Å². The van der Waals surface area contributed by atoms with E-state index in [9.17, 15) is 18.0 Å². The molecular formula is C22H20N2O6S. The summed E-state index contributed by atoms with van der Waals surface area (Å²) in [5.74, 6) is -1.04. The van der Waals surface area contributed by atoms with E-state index in [-0.39, 0.29) is 21.9 Å². The zero-order valence-electron chi connectivity index (χ0n) is 16.8. The number of ether oxygens (including phenoxy) is 1. The van der Waals surface area contributed by atoms with Crippen LogP contribution in [-0.2, 0) is 14.9 Å². The van der Waals surface area contributed by atoms with Crippen LogP contribution in [0.25, 0.3) is 0 Å². The summed E-state index contributed by atoms with van der Waals surface area (Å²) < 4.78 is 35.2. The Morgan fingerprint density at radius 2 is 1.55 bits per heavy atom. The molecule has 0 atom stereocenters. The molecule has 0 radical (unpaired) electrons. The lowest BCUT2D eigenvalue weighted by molar-refractivity contribution is 0.0599. The van der Waals surface area contributed by atoms with Gasteiger partial charge in [0.2, 0.25) is 0 Å². The average molecular weight is 440 g/mol. The molecule has 0 spiro atoms. The molecule has 0 bridgehead atoms. The molecule has 0 saturated carbocycles. The summed E-state index contributed by atoms with van der Waals surface area (Å²) in [6.45, 7) is 1.75. The number of aryl methyl sites for hydroxylation is 1. The molecule has 0 aliphatic heterocycles. The number of para-hydroxylation sites is 1. The van der Waals surface area contributed by atoms with Crippen LogP contribution in [0.1, 0.15) is 15.9 Å². The standard InChI is InChI=1S/C22H20N2O6S/c1-15-7-6-10-18(13-15)31(27,28)30-20-12-11-17(14-19(20)21(25)29-2)24-22(26)23-16-8-4-3-5-9-16/h3-14H,1-2H3,(H2,23,24,26). The van der Waals surface area contributed by atoms with E-state index in [1.54, 1.807) is 43.3 Å². The van der Waals surface area contributed by atoms with Gasteiger partial charge in [-0.05, 0) is 55.0 Å². The van der Waals surface area contributed by atoms with E-state index in [1.807, 2.05) is 6.07 Å². The molecule has 8 nitrogen and oxygen atoms in total. The Morgan fingerprint density at radius 3 is 2.23 bits per heavy atom. The Kier molecular flexibility index (Phi) is 6.56. The number of anilines is 2. The van der Waals surface area contributed by atoms with Crippen molar-refractivity contribution in [3.05, 3.63) is 83.9 Å². The summed E-state index contributed by atoms with van der Waals surface area (Å²) in [6, 6.07) is 18.4. The van der Waals surface area contributed by atoms with E-state index in [0.717, 1.165) is 12.7 Å². The molecular weight excluding hydrogens is 420 g/mol. The predicted octanol–water partition coefficient (Wildman–Crippen LogP) is 4.19. The molecule has 160 valence electrons. The second-order valence-electron chi connectivity index (χ2n) is 6.50. The van der Waals surface area contributed by atoms with Gasteiger partial charge in [-0.15, -0.1) is 0 Å². The Bertz CT molecular complexity index is 1210. The molecule has 0 heterocycles. The highest BCUT2D eigenvalue weighted by Gasteiger charge is 2.22. The van der Waals surface area contributed by atoms with Crippen molar-refractivity contribution in [2.45, 2.75) is 11.8 Å². The fraction of sp³-hybridized carbons (Fsp3) is 0.0909. The van der Waals surface area contributed by atoms with Gasteiger partial charge in [0.1, 0.15) is 10.5 Å². The molecule has 2 N–H and O–H groups in total. The summed E-state index contributed by atoms with van der Waals surface area (Å²) in [6.07, 6.45) is 0. The first-order chi connectivity index (χ1) is 14.8. The quantitative estimate of drug-likeness (QED) is 0.439. The second-order valence-corrected chi connectivity index (χ2v) is 8.05. The van der Waals surface area contributed by atoms with Crippen molar-refractivity contribution < 1.29 is 26.9 Å². The van der Waals surface area contributed by atoms with Gasteiger partial charge < -0.3 is 19.6 Å². The highest BCUT2D eigenvalue weighted by Crippen LogP contribution is 2.27. The number of urea groups is 1. The lowest BCUT2D eigenvalue weighted by atomic mass is 10.2. The van der Waals surface area contributed by atoms with Crippen LogP contribution < -0.4 is 14.8 Å². The maximum absolute atomic E-state index is 12.6. The van der Waals surface area contributed by atoms with E-state index in [2.05, 4.69) is 10.6 Å². The van der Waals surface area contributed by atoms with E-state index >= 15 is 0 Å². The molecule has 0 aliphatic rings. The minimum absolute atomic E-state index is 0.0484. The van der Waals surface area contributed by atoms with Crippen molar-refractivity contribution >= 4 is 33.5 Å². The van der Waals surface area contributed by atoms with Crippen LogP contribution >= 0.6 is 0 Å². The van der Waals surface area contributed by atoms with Crippen LogP contribution in [0.15, 0.2) is 77.7 Å². The van der Waals surface area contributed by atoms with Crippen molar-refractivity contribution in [2.75, 3.05) is 17.7 Å². The van der Waals surface area contributed by atoms with Crippen molar-refractivity contribution in [3.8, 4) is 5.75 Å². The molecule has 0 aliphatic carbocycles. The van der Waals surface area contributed by atoms with E-state index in [1.165, 1.54) is 30.3 Å². The highest BCUT2D eigenvalue weighted by molar-refractivity contribution is 7.87. The van der Waals surface area contributed by atoms with Crippen LogP contribution in [0, 0.1) is 6.92 Å². The first-order valence-electron chi connectivity index (χ1n) is 9.15. The average Bonchev–Trinajstić information content (AvgIpc) is 2.74. The zero-order valence-corrected chi connectivity index (χ0v) is 17.6. The number of rotatable bonds is 6. The van der Waals surface area contributed by atoms with Gasteiger partial charge in [-0.2, -0.15) is 8.42 Å². The second kappa shape index (κ2) is 9.31. The third-order valence-electron chi connectivity index (χ3n) is 4.15. The van der Waals surface area contributed by atoms with Crippen molar-refractivity contribution in [1.82, 2.24) is 0 Å². The van der Waals surface area contributed by atoms with Crippen molar-refractivity contribution in [1.29, 1.82) is 0 Å². The van der Waals surface area contributed by atoms with E-state index < -0.39 is 22.1 Å². The number of hydrogen-bond acceptors (Lipinski definition) is 6. The van der Waals surface area contributed by atoms with Crippen LogP contribution in [0.4, 0.5) is 16.2 Å². The molecule has 3 rings (SSSR count). The lowest BCUT2D eigenvalue weighted by Gasteiger charge is -2.13. The summed E-state index contributed by atoms with van der Waals surface area (Å²) in [5.41, 5.74) is 1.41. The molecule has 0 saturated heterocycles. The molecule has 0 unspecified atom stereocenters. The normalized spacial score (nSPS) is 10.8. The summed E-state index contributed by atoms with van der Waals surface area (Å²) in [4.78, 5) is 24.4. The number of hydrogen-bond donors (Lipinski definition) is 2. The number of nitrogens with one attached hydrogen (secondary N) is 2. The van der Waals surface area contributed by atoms with Gasteiger partial charge in [-0.25, -0.2) is 9.59 Å². The lowest BCUT2D eigenvalue weighted by Crippen LogP contribution is -2.20. The van der Waals surface area contributed by atoms with E-state index in [4.69, 9.17) is 8.92 Å². The number of carbonyl (C=O) groups is 2. The Morgan fingerprint density at radius 1 is 0.839 bits per heavy atom. The Labute approximate surface area is 179 Å². The predicted molar refractivity (Wildman–Crippen MR) is 116 cm³/mol. The van der Waals surface area contributed by atoms with Crippen LogP contribution in [0.2, 0.25) is 0 Å². The molecule has 3 aromatic rings. The summed E-state index contributed by atoms with van der Waals surface area (Å²) in [5, 5.41) is 5.22. The number of benzene rings is 3. The molecule has 0 fully saturated rings. The highest BCUT2D eigenvalue weighted by atomic mass is 32.2. The number of methoxy groups -OCH3 is 1. The van der Waals surface area contributed by atoms with Gasteiger partial charge in [-0.1, -0.05) is 30.3 Å². The molecule has 3 aromatic carbocycles. The molecule has 2 amide bonds. The third-order valence-corrected chi connectivity index (χ3v) is 5.38. The summed E-state index contributed by atoms with van der Waals surface area (Å²) in [7, 11) is -3.03. The SMILES string of the molecule is COC(=O)c1cc(NC(=O)Nc2ccccc2)ccc1OS(=O)(=O)c1cccc(C)c1. The van der Waals surface area contributed by atoms with Gasteiger partial charge in [0, 0.05) is 11.4 Å². The van der Waals surface area contributed by atoms with E-state index in [0.29, 0.717) is 5.69 Å². The first kappa shape index (κ1) is 21.8. The van der Waals surface area contributed by atoms with Crippen molar-refractivity contribution in [2.24, 2.45) is 0 Å². The first-order valence-corrected chi connectivity index (χ1v) is 10.6. The fourth-order valence-corrected chi connectivity index (χ4v) is 3.76. The molecule has 0 aromatic heterocycles. The van der Waals surface area contributed by atoms with Gasteiger partial charge in [0.15, 0.2) is 5.75 Å².